The number of carbonyl (C=O) groups excluding carboxylic acids is 1. The van der Waals surface area contributed by atoms with Gasteiger partial charge in [0.15, 0.2) is 0 Å². The summed E-state index contributed by atoms with van der Waals surface area (Å²) in [5.41, 5.74) is 0.708. The van der Waals surface area contributed by atoms with E-state index < -0.39 is 6.61 Å². The van der Waals surface area contributed by atoms with E-state index in [1.807, 2.05) is 36.4 Å². The minimum Gasteiger partial charge on any atom is -0.487 e. The van der Waals surface area contributed by atoms with Crippen molar-refractivity contribution in [1.82, 2.24) is 10.2 Å². The Bertz CT molecular complexity index is 751. The Hall–Kier alpha value is -2.31. The van der Waals surface area contributed by atoms with E-state index in [1.165, 1.54) is 0 Å². The lowest BCUT2D eigenvalue weighted by Gasteiger charge is -2.46. The molecule has 2 aliphatic heterocycles. The van der Waals surface area contributed by atoms with Gasteiger partial charge < -0.3 is 19.6 Å². The second-order valence-electron chi connectivity index (χ2n) is 7.16. The number of ether oxygens (including phenoxy) is 1. The largest absolute Gasteiger partial charge is 0.487 e. The number of aliphatic hydroxyl groups excluding tert-OH is 1. The Morgan fingerprint density at radius 3 is 2.77 bits per heavy atom. The first-order chi connectivity index (χ1) is 12.7. The van der Waals surface area contributed by atoms with Gasteiger partial charge in [0, 0.05) is 25.1 Å². The molecular weight excluding hydrogens is 332 g/mol. The third kappa shape index (κ3) is 3.48. The van der Waals surface area contributed by atoms with Crippen LogP contribution in [0.25, 0.3) is 0 Å². The van der Waals surface area contributed by atoms with Gasteiger partial charge in [0.25, 0.3) is 0 Å². The van der Waals surface area contributed by atoms with E-state index in [9.17, 15) is 4.79 Å². The first-order valence-corrected chi connectivity index (χ1v) is 9.10. The summed E-state index contributed by atoms with van der Waals surface area (Å²) in [4.78, 5) is 14.1. The van der Waals surface area contributed by atoms with Crippen molar-refractivity contribution in [2.45, 2.75) is 37.5 Å². The van der Waals surface area contributed by atoms with Gasteiger partial charge in [0.1, 0.15) is 23.7 Å². The molecule has 4 rings (SSSR count). The van der Waals surface area contributed by atoms with Gasteiger partial charge in [-0.25, -0.2) is 0 Å². The summed E-state index contributed by atoms with van der Waals surface area (Å²) in [6.45, 7) is 2.15. The molecule has 2 N–H and O–H groups in total. The molecule has 2 aromatic rings. The quantitative estimate of drug-likeness (QED) is 0.879. The average Bonchev–Trinajstić information content (AvgIpc) is 3.17. The summed E-state index contributed by atoms with van der Waals surface area (Å²) in [5.74, 6) is 1.46. The van der Waals surface area contributed by atoms with Crippen LogP contribution in [-0.4, -0.2) is 41.2 Å². The fourth-order valence-corrected chi connectivity index (χ4v) is 4.03. The number of piperidine rings is 1. The second-order valence-corrected chi connectivity index (χ2v) is 7.16. The fraction of sp³-hybridized carbons (Fsp3) is 0.450. The monoisotopic (exact) mass is 356 g/mol. The summed E-state index contributed by atoms with van der Waals surface area (Å²) < 4.78 is 11.9. The zero-order valence-electron chi connectivity index (χ0n) is 14.7. The van der Waals surface area contributed by atoms with Crippen molar-refractivity contribution in [1.29, 1.82) is 0 Å². The molecule has 1 fully saturated rings. The SMILES string of the molecule is O=C(CO)N[C@@H]1CC2(CCN(Cc3ccco3)CC2)Oc2ccccc21. The average molecular weight is 356 g/mol. The van der Waals surface area contributed by atoms with Crippen LogP contribution >= 0.6 is 0 Å². The van der Waals surface area contributed by atoms with Crippen molar-refractivity contribution in [2.75, 3.05) is 19.7 Å². The van der Waals surface area contributed by atoms with Crippen molar-refractivity contribution >= 4 is 5.91 Å². The molecule has 0 saturated carbocycles. The van der Waals surface area contributed by atoms with Crippen LogP contribution in [0.4, 0.5) is 0 Å². The van der Waals surface area contributed by atoms with Gasteiger partial charge in [-0.1, -0.05) is 18.2 Å². The zero-order chi connectivity index (χ0) is 18.0. The summed E-state index contributed by atoms with van der Waals surface area (Å²) in [5, 5.41) is 12.1. The number of nitrogens with zero attached hydrogens (tertiary/aromatic N) is 1. The van der Waals surface area contributed by atoms with Crippen molar-refractivity contribution in [3.8, 4) is 5.75 Å². The van der Waals surface area contributed by atoms with Crippen molar-refractivity contribution in [2.24, 2.45) is 0 Å². The molecule has 1 atom stereocenters. The highest BCUT2D eigenvalue weighted by atomic mass is 16.5. The standard InChI is InChI=1S/C20H24N2O4/c23-14-19(24)21-17-12-20(26-18-6-2-1-5-16(17)18)7-9-22(10-8-20)13-15-4-3-11-25-15/h1-6,11,17,23H,7-10,12-14H2,(H,21,24)/t17-/m1/s1. The molecule has 3 heterocycles. The molecule has 6 heteroatoms. The molecule has 1 aromatic carbocycles. The predicted octanol–water partition coefficient (Wildman–Crippen LogP) is 2.25. The number of furan rings is 1. The van der Waals surface area contributed by atoms with Gasteiger partial charge in [0.2, 0.25) is 5.91 Å². The van der Waals surface area contributed by atoms with Crippen molar-refractivity contribution in [3.63, 3.8) is 0 Å². The van der Waals surface area contributed by atoms with Crippen LogP contribution in [0.2, 0.25) is 0 Å². The van der Waals surface area contributed by atoms with E-state index in [0.29, 0.717) is 0 Å². The maximum atomic E-state index is 11.8. The number of benzene rings is 1. The second kappa shape index (κ2) is 7.13. The van der Waals surface area contributed by atoms with E-state index in [0.717, 1.165) is 56.0 Å². The van der Waals surface area contributed by atoms with E-state index in [2.05, 4.69) is 10.2 Å². The highest BCUT2D eigenvalue weighted by Gasteiger charge is 2.43. The minimum atomic E-state index is -0.497. The van der Waals surface area contributed by atoms with Gasteiger partial charge in [-0.15, -0.1) is 0 Å². The maximum Gasteiger partial charge on any atom is 0.246 e. The Kier molecular flexibility index (Phi) is 4.70. The number of rotatable bonds is 4. The molecule has 2 aliphatic rings. The number of fused-ring (bicyclic) bond motifs is 1. The lowest BCUT2D eigenvalue weighted by molar-refractivity contribution is -0.125. The third-order valence-electron chi connectivity index (χ3n) is 5.40. The van der Waals surface area contributed by atoms with Gasteiger partial charge in [-0.3, -0.25) is 9.69 Å². The molecule has 138 valence electrons. The number of nitrogens with one attached hydrogen (secondary N) is 1. The Balaban J connectivity index is 1.48. The molecule has 1 saturated heterocycles. The van der Waals surface area contributed by atoms with E-state index in [1.54, 1.807) is 6.26 Å². The van der Waals surface area contributed by atoms with Crippen LogP contribution in [0.1, 0.15) is 36.6 Å². The normalized spacial score (nSPS) is 21.8. The van der Waals surface area contributed by atoms with E-state index >= 15 is 0 Å². The molecule has 0 unspecified atom stereocenters. The van der Waals surface area contributed by atoms with Crippen LogP contribution in [0.15, 0.2) is 47.1 Å². The number of hydrogen-bond acceptors (Lipinski definition) is 5. The Labute approximate surface area is 152 Å². The van der Waals surface area contributed by atoms with Crippen LogP contribution in [0, 0.1) is 0 Å². The van der Waals surface area contributed by atoms with Gasteiger partial charge in [0.05, 0.1) is 18.8 Å². The molecule has 0 bridgehead atoms. The fourth-order valence-electron chi connectivity index (χ4n) is 4.03. The zero-order valence-corrected chi connectivity index (χ0v) is 14.7. The van der Waals surface area contributed by atoms with E-state index in [4.69, 9.17) is 14.3 Å². The number of hydrogen-bond donors (Lipinski definition) is 2. The van der Waals surface area contributed by atoms with Crippen molar-refractivity contribution < 1.29 is 19.1 Å². The topological polar surface area (TPSA) is 74.9 Å². The summed E-state index contributed by atoms with van der Waals surface area (Å²) in [6, 6.07) is 11.6. The Morgan fingerprint density at radius 2 is 2.04 bits per heavy atom. The summed E-state index contributed by atoms with van der Waals surface area (Å²) in [6.07, 6.45) is 4.22. The molecule has 0 aliphatic carbocycles. The molecule has 1 spiro atoms. The highest BCUT2D eigenvalue weighted by molar-refractivity contribution is 5.77. The minimum absolute atomic E-state index is 0.128. The maximum absolute atomic E-state index is 11.8. The lowest BCUT2D eigenvalue weighted by atomic mass is 9.80. The first kappa shape index (κ1) is 17.1. The van der Waals surface area contributed by atoms with Gasteiger partial charge >= 0.3 is 0 Å². The number of amides is 1. The molecule has 0 radical (unpaired) electrons. The molecular formula is C20H24N2O4. The molecule has 1 amide bonds. The Morgan fingerprint density at radius 1 is 1.23 bits per heavy atom. The predicted molar refractivity (Wildman–Crippen MR) is 95.6 cm³/mol. The van der Waals surface area contributed by atoms with Crippen LogP contribution < -0.4 is 10.1 Å². The number of carbonyl (C=O) groups is 1. The number of likely N-dealkylation sites (tertiary alicyclic amines) is 1. The summed E-state index contributed by atoms with van der Waals surface area (Å²) >= 11 is 0. The summed E-state index contributed by atoms with van der Waals surface area (Å²) in [7, 11) is 0. The molecule has 1 aromatic heterocycles. The van der Waals surface area contributed by atoms with E-state index in [-0.39, 0.29) is 17.6 Å². The number of para-hydroxylation sites is 1. The smallest absolute Gasteiger partial charge is 0.246 e. The first-order valence-electron chi connectivity index (χ1n) is 9.10. The molecule has 26 heavy (non-hydrogen) atoms. The lowest BCUT2D eigenvalue weighted by Crippen LogP contribution is -2.52. The van der Waals surface area contributed by atoms with Crippen LogP contribution in [0.5, 0.6) is 5.75 Å². The van der Waals surface area contributed by atoms with Crippen LogP contribution in [-0.2, 0) is 11.3 Å². The number of aliphatic hydroxyl groups is 1. The third-order valence-corrected chi connectivity index (χ3v) is 5.40. The molecule has 6 nitrogen and oxygen atoms in total. The van der Waals surface area contributed by atoms with Gasteiger partial charge in [-0.05, 0) is 31.0 Å². The van der Waals surface area contributed by atoms with Crippen molar-refractivity contribution in [3.05, 3.63) is 54.0 Å². The highest BCUT2D eigenvalue weighted by Crippen LogP contribution is 2.44. The van der Waals surface area contributed by atoms with Crippen LogP contribution in [0.3, 0.4) is 0 Å². The van der Waals surface area contributed by atoms with Gasteiger partial charge in [-0.2, -0.15) is 0 Å².